The van der Waals surface area contributed by atoms with E-state index >= 15 is 0 Å². The predicted molar refractivity (Wildman–Crippen MR) is 64.0 cm³/mol. The third-order valence-corrected chi connectivity index (χ3v) is 2.83. The molecule has 0 bridgehead atoms. The van der Waals surface area contributed by atoms with Crippen molar-refractivity contribution in [3.05, 3.63) is 48.0 Å². The van der Waals surface area contributed by atoms with Crippen molar-refractivity contribution in [3.63, 3.8) is 0 Å². The van der Waals surface area contributed by atoms with E-state index < -0.39 is 0 Å². The van der Waals surface area contributed by atoms with Gasteiger partial charge < -0.3 is 4.74 Å². The summed E-state index contributed by atoms with van der Waals surface area (Å²) in [6.45, 7) is 2.15. The van der Waals surface area contributed by atoms with Crippen molar-refractivity contribution in [1.29, 1.82) is 0 Å². The molecule has 15 heavy (non-hydrogen) atoms. The molecule has 0 aromatic heterocycles. The molecule has 1 nitrogen and oxygen atoms in total. The summed E-state index contributed by atoms with van der Waals surface area (Å²) in [4.78, 5) is 0. The lowest BCUT2D eigenvalue weighted by atomic mass is 9.99. The van der Waals surface area contributed by atoms with E-state index in [9.17, 15) is 0 Å². The highest BCUT2D eigenvalue weighted by atomic mass is 16.5. The molecule has 2 aromatic carbocycles. The second kappa shape index (κ2) is 4.45. The zero-order valence-corrected chi connectivity index (χ0v) is 9.23. The van der Waals surface area contributed by atoms with E-state index in [1.54, 1.807) is 7.11 Å². The molecule has 1 unspecified atom stereocenters. The summed E-state index contributed by atoms with van der Waals surface area (Å²) in [6.07, 6.45) is 1.21. The Bertz CT molecular complexity index is 439. The van der Waals surface area contributed by atoms with Crippen LogP contribution in [-0.4, -0.2) is 7.11 Å². The van der Waals surface area contributed by atoms with E-state index in [1.165, 1.54) is 16.3 Å². The van der Waals surface area contributed by atoms with Crippen molar-refractivity contribution in [2.45, 2.75) is 19.4 Å². The quantitative estimate of drug-likeness (QED) is 0.729. The Kier molecular flexibility index (Phi) is 3.02. The minimum absolute atomic E-state index is 0.205. The lowest BCUT2D eigenvalue weighted by Gasteiger charge is -2.15. The molecule has 0 aliphatic heterocycles. The van der Waals surface area contributed by atoms with E-state index in [-0.39, 0.29) is 6.10 Å². The highest BCUT2D eigenvalue weighted by molar-refractivity contribution is 5.85. The number of hydrogen-bond acceptors (Lipinski definition) is 1. The Morgan fingerprint density at radius 3 is 2.53 bits per heavy atom. The summed E-state index contributed by atoms with van der Waals surface area (Å²) in [5, 5.41) is 2.58. The fourth-order valence-corrected chi connectivity index (χ4v) is 2.04. The summed E-state index contributed by atoms with van der Waals surface area (Å²) in [5.74, 6) is 0. The van der Waals surface area contributed by atoms with Gasteiger partial charge in [0.2, 0.25) is 0 Å². The molecule has 78 valence electrons. The van der Waals surface area contributed by atoms with Gasteiger partial charge in [0.05, 0.1) is 6.10 Å². The molecule has 0 amide bonds. The lowest BCUT2D eigenvalue weighted by Crippen LogP contribution is -2.00. The molecule has 0 fully saturated rings. The molecule has 0 aliphatic carbocycles. The van der Waals surface area contributed by atoms with Crippen LogP contribution in [0.1, 0.15) is 25.0 Å². The van der Waals surface area contributed by atoms with Gasteiger partial charge in [0, 0.05) is 7.11 Å². The number of hydrogen-bond donors (Lipinski definition) is 0. The summed E-state index contributed by atoms with van der Waals surface area (Å²) in [5.41, 5.74) is 1.29. The van der Waals surface area contributed by atoms with Gasteiger partial charge in [-0.3, -0.25) is 0 Å². The van der Waals surface area contributed by atoms with E-state index in [0.29, 0.717) is 0 Å². The van der Waals surface area contributed by atoms with Crippen LogP contribution in [0.15, 0.2) is 42.5 Å². The van der Waals surface area contributed by atoms with Crippen molar-refractivity contribution in [3.8, 4) is 0 Å². The Morgan fingerprint density at radius 1 is 1.07 bits per heavy atom. The number of fused-ring (bicyclic) bond motifs is 1. The first-order valence-electron chi connectivity index (χ1n) is 5.37. The molecule has 0 radical (unpaired) electrons. The summed E-state index contributed by atoms with van der Waals surface area (Å²) in [6, 6.07) is 14.8. The van der Waals surface area contributed by atoms with Gasteiger partial charge in [-0.15, -0.1) is 0 Å². The van der Waals surface area contributed by atoms with E-state index in [2.05, 4.69) is 49.4 Å². The van der Waals surface area contributed by atoms with Crippen molar-refractivity contribution in [2.24, 2.45) is 0 Å². The Balaban J connectivity index is 2.59. The van der Waals surface area contributed by atoms with Crippen LogP contribution in [0.4, 0.5) is 0 Å². The minimum atomic E-state index is 0.205. The van der Waals surface area contributed by atoms with Crippen LogP contribution < -0.4 is 0 Å². The summed E-state index contributed by atoms with van der Waals surface area (Å²) < 4.78 is 5.49. The Morgan fingerprint density at radius 2 is 1.80 bits per heavy atom. The molecular weight excluding hydrogens is 184 g/mol. The van der Waals surface area contributed by atoms with Crippen molar-refractivity contribution >= 4 is 10.8 Å². The van der Waals surface area contributed by atoms with Gasteiger partial charge >= 0.3 is 0 Å². The SMILES string of the molecule is CCC(OC)c1cccc2ccccc12. The molecule has 0 saturated heterocycles. The van der Waals surface area contributed by atoms with Crippen molar-refractivity contribution < 1.29 is 4.74 Å². The molecule has 1 atom stereocenters. The summed E-state index contributed by atoms with van der Waals surface area (Å²) >= 11 is 0. The molecular formula is C14H16O. The highest BCUT2D eigenvalue weighted by Crippen LogP contribution is 2.27. The van der Waals surface area contributed by atoms with Crippen LogP contribution in [-0.2, 0) is 4.74 Å². The maximum atomic E-state index is 5.49. The molecule has 0 aliphatic rings. The van der Waals surface area contributed by atoms with Gasteiger partial charge in [0.25, 0.3) is 0 Å². The maximum absolute atomic E-state index is 5.49. The number of methoxy groups -OCH3 is 1. The molecule has 2 rings (SSSR count). The molecule has 0 N–H and O–H groups in total. The first-order chi connectivity index (χ1) is 7.36. The lowest BCUT2D eigenvalue weighted by molar-refractivity contribution is 0.101. The topological polar surface area (TPSA) is 9.23 Å². The van der Waals surface area contributed by atoms with E-state index in [1.807, 2.05) is 0 Å². The van der Waals surface area contributed by atoms with Gasteiger partial charge in [-0.05, 0) is 22.8 Å². The minimum Gasteiger partial charge on any atom is -0.377 e. The van der Waals surface area contributed by atoms with Crippen molar-refractivity contribution in [2.75, 3.05) is 7.11 Å². The average molecular weight is 200 g/mol. The standard InChI is InChI=1S/C14H16O/c1-3-14(15-2)13-10-6-8-11-7-4-5-9-12(11)13/h4-10,14H,3H2,1-2H3. The summed E-state index contributed by atoms with van der Waals surface area (Å²) in [7, 11) is 1.77. The van der Waals surface area contributed by atoms with Crippen LogP contribution in [0.2, 0.25) is 0 Å². The fourth-order valence-electron chi connectivity index (χ4n) is 2.04. The van der Waals surface area contributed by atoms with E-state index in [0.717, 1.165) is 6.42 Å². The first-order valence-corrected chi connectivity index (χ1v) is 5.37. The normalized spacial score (nSPS) is 12.9. The zero-order chi connectivity index (χ0) is 10.7. The maximum Gasteiger partial charge on any atom is 0.0824 e. The number of rotatable bonds is 3. The van der Waals surface area contributed by atoms with Gasteiger partial charge in [-0.25, -0.2) is 0 Å². The third-order valence-electron chi connectivity index (χ3n) is 2.83. The predicted octanol–water partition coefficient (Wildman–Crippen LogP) is 3.94. The molecule has 0 spiro atoms. The molecule has 1 heteroatoms. The van der Waals surface area contributed by atoms with Gasteiger partial charge in [-0.2, -0.15) is 0 Å². The van der Waals surface area contributed by atoms with Gasteiger partial charge in [-0.1, -0.05) is 49.4 Å². The second-order valence-electron chi connectivity index (χ2n) is 3.70. The molecule has 2 aromatic rings. The second-order valence-corrected chi connectivity index (χ2v) is 3.70. The highest BCUT2D eigenvalue weighted by Gasteiger charge is 2.10. The Hall–Kier alpha value is -1.34. The molecule has 0 heterocycles. The average Bonchev–Trinajstić information content (AvgIpc) is 2.31. The Labute approximate surface area is 90.7 Å². The smallest absolute Gasteiger partial charge is 0.0824 e. The van der Waals surface area contributed by atoms with Gasteiger partial charge in [0.15, 0.2) is 0 Å². The first kappa shape index (κ1) is 10.2. The van der Waals surface area contributed by atoms with Crippen molar-refractivity contribution in [1.82, 2.24) is 0 Å². The number of ether oxygens (including phenoxy) is 1. The fraction of sp³-hybridized carbons (Fsp3) is 0.286. The number of benzene rings is 2. The third kappa shape index (κ3) is 1.88. The van der Waals surface area contributed by atoms with Gasteiger partial charge in [0.1, 0.15) is 0 Å². The van der Waals surface area contributed by atoms with E-state index in [4.69, 9.17) is 4.74 Å². The largest absolute Gasteiger partial charge is 0.377 e. The van der Waals surface area contributed by atoms with Crippen LogP contribution >= 0.6 is 0 Å². The van der Waals surface area contributed by atoms with Crippen LogP contribution in [0, 0.1) is 0 Å². The van der Waals surface area contributed by atoms with Crippen LogP contribution in [0.5, 0.6) is 0 Å². The monoisotopic (exact) mass is 200 g/mol. The molecule has 0 saturated carbocycles. The van der Waals surface area contributed by atoms with Crippen LogP contribution in [0.3, 0.4) is 0 Å². The van der Waals surface area contributed by atoms with Crippen LogP contribution in [0.25, 0.3) is 10.8 Å². The zero-order valence-electron chi connectivity index (χ0n) is 9.23.